The predicted octanol–water partition coefficient (Wildman–Crippen LogP) is 3.85. The Balaban J connectivity index is 1.98. The quantitative estimate of drug-likeness (QED) is 0.930. The van der Waals surface area contributed by atoms with Gasteiger partial charge >= 0.3 is 0 Å². The van der Waals surface area contributed by atoms with Gasteiger partial charge in [0.25, 0.3) is 5.91 Å². The number of carbonyl (C=O) groups excluding carboxylic acids is 1. The number of amides is 1. The lowest BCUT2D eigenvalue weighted by Crippen LogP contribution is -2.23. The summed E-state index contributed by atoms with van der Waals surface area (Å²) in [5, 5.41) is 6.35. The van der Waals surface area contributed by atoms with Gasteiger partial charge in [-0.25, -0.2) is 4.98 Å². The molecule has 19 heavy (non-hydrogen) atoms. The molecular weight excluding hydrogens is 280 g/mol. The van der Waals surface area contributed by atoms with E-state index in [1.165, 1.54) is 0 Å². The number of halogens is 1. The van der Waals surface area contributed by atoms with E-state index in [9.17, 15) is 4.79 Å². The van der Waals surface area contributed by atoms with Gasteiger partial charge in [-0.3, -0.25) is 4.79 Å². The molecule has 0 aliphatic rings. The minimum atomic E-state index is -0.176. The van der Waals surface area contributed by atoms with Crippen LogP contribution in [0.2, 0.25) is 5.02 Å². The zero-order valence-corrected chi connectivity index (χ0v) is 12.4. The van der Waals surface area contributed by atoms with Crippen LogP contribution in [-0.4, -0.2) is 10.9 Å². The molecule has 3 nitrogen and oxygen atoms in total. The molecular formula is C14H15ClN2OS. The Morgan fingerprint density at radius 2 is 2.16 bits per heavy atom. The molecule has 0 aliphatic carbocycles. The standard InChI is InChI=1S/C14H15ClN2OS/c1-9(2)14-17-10(8-19-14)7-16-13(18)11-5-3-4-6-12(11)15/h3-6,8-9H,7H2,1-2H3,(H,16,18). The molecule has 0 aliphatic heterocycles. The second kappa shape index (κ2) is 6.17. The molecule has 0 saturated carbocycles. The lowest BCUT2D eigenvalue weighted by atomic mass is 10.2. The van der Waals surface area contributed by atoms with Crippen molar-refractivity contribution < 1.29 is 4.79 Å². The van der Waals surface area contributed by atoms with Crippen LogP contribution in [0.15, 0.2) is 29.6 Å². The Hall–Kier alpha value is -1.39. The van der Waals surface area contributed by atoms with Crippen LogP contribution in [0.5, 0.6) is 0 Å². The van der Waals surface area contributed by atoms with Gasteiger partial charge in [-0.2, -0.15) is 0 Å². The van der Waals surface area contributed by atoms with Crippen LogP contribution in [0.4, 0.5) is 0 Å². The third-order valence-electron chi connectivity index (χ3n) is 2.61. The largest absolute Gasteiger partial charge is 0.346 e. The minimum Gasteiger partial charge on any atom is -0.346 e. The molecule has 0 fully saturated rings. The fourth-order valence-corrected chi connectivity index (χ4v) is 2.64. The molecule has 0 spiro atoms. The summed E-state index contributed by atoms with van der Waals surface area (Å²) >= 11 is 7.59. The van der Waals surface area contributed by atoms with Crippen LogP contribution in [0.1, 0.15) is 40.8 Å². The molecule has 0 bridgehead atoms. The summed E-state index contributed by atoms with van der Waals surface area (Å²) in [6.45, 7) is 4.63. The first-order valence-electron chi connectivity index (χ1n) is 6.05. The lowest BCUT2D eigenvalue weighted by Gasteiger charge is -2.05. The van der Waals surface area contributed by atoms with E-state index >= 15 is 0 Å². The first kappa shape index (κ1) is 14.0. The Morgan fingerprint density at radius 1 is 1.42 bits per heavy atom. The monoisotopic (exact) mass is 294 g/mol. The number of rotatable bonds is 4. The van der Waals surface area contributed by atoms with E-state index in [4.69, 9.17) is 11.6 Å². The maximum absolute atomic E-state index is 12.0. The number of nitrogens with one attached hydrogen (secondary N) is 1. The SMILES string of the molecule is CC(C)c1nc(CNC(=O)c2ccccc2Cl)cs1. The van der Waals surface area contributed by atoms with Gasteiger partial charge in [-0.1, -0.05) is 37.6 Å². The molecule has 1 amide bonds. The number of carbonyl (C=O) groups is 1. The molecule has 0 atom stereocenters. The summed E-state index contributed by atoms with van der Waals surface area (Å²) in [5.41, 5.74) is 1.37. The zero-order valence-electron chi connectivity index (χ0n) is 10.8. The highest BCUT2D eigenvalue weighted by atomic mass is 35.5. The summed E-state index contributed by atoms with van der Waals surface area (Å²) in [6.07, 6.45) is 0. The van der Waals surface area contributed by atoms with E-state index in [-0.39, 0.29) is 5.91 Å². The molecule has 1 N–H and O–H groups in total. The number of hydrogen-bond donors (Lipinski definition) is 1. The van der Waals surface area contributed by atoms with Crippen molar-refractivity contribution in [3.8, 4) is 0 Å². The van der Waals surface area contributed by atoms with E-state index in [2.05, 4.69) is 24.1 Å². The van der Waals surface area contributed by atoms with Crippen molar-refractivity contribution in [1.29, 1.82) is 0 Å². The van der Waals surface area contributed by atoms with E-state index in [0.717, 1.165) is 10.7 Å². The number of nitrogens with zero attached hydrogens (tertiary/aromatic N) is 1. The third kappa shape index (κ3) is 3.55. The van der Waals surface area contributed by atoms with Crippen molar-refractivity contribution in [3.05, 3.63) is 50.9 Å². The Kier molecular flexibility index (Phi) is 4.56. The van der Waals surface area contributed by atoms with Gasteiger partial charge in [0, 0.05) is 11.3 Å². The number of aromatic nitrogens is 1. The molecule has 1 heterocycles. The summed E-state index contributed by atoms with van der Waals surface area (Å²) in [7, 11) is 0. The Morgan fingerprint density at radius 3 is 2.79 bits per heavy atom. The third-order valence-corrected chi connectivity index (χ3v) is 4.14. The Bertz CT molecular complexity index is 580. The van der Waals surface area contributed by atoms with Crippen LogP contribution in [0.3, 0.4) is 0 Å². The van der Waals surface area contributed by atoms with Crippen LogP contribution in [0.25, 0.3) is 0 Å². The second-order valence-corrected chi connectivity index (χ2v) is 5.79. The van der Waals surface area contributed by atoms with Crippen LogP contribution in [-0.2, 0) is 6.54 Å². The molecule has 2 rings (SSSR count). The van der Waals surface area contributed by atoms with Crippen molar-refractivity contribution in [3.63, 3.8) is 0 Å². The predicted molar refractivity (Wildman–Crippen MR) is 78.8 cm³/mol. The van der Waals surface area contributed by atoms with Gasteiger partial charge in [-0.05, 0) is 12.1 Å². The molecule has 2 aromatic rings. The average molecular weight is 295 g/mol. The fourth-order valence-electron chi connectivity index (χ4n) is 1.58. The average Bonchev–Trinajstić information content (AvgIpc) is 2.85. The molecule has 0 saturated heterocycles. The highest BCUT2D eigenvalue weighted by Crippen LogP contribution is 2.19. The highest BCUT2D eigenvalue weighted by molar-refractivity contribution is 7.09. The normalized spacial score (nSPS) is 10.7. The number of thiazole rings is 1. The second-order valence-electron chi connectivity index (χ2n) is 4.49. The van der Waals surface area contributed by atoms with Gasteiger partial charge in [0.05, 0.1) is 27.8 Å². The minimum absolute atomic E-state index is 0.176. The van der Waals surface area contributed by atoms with E-state index in [0.29, 0.717) is 23.0 Å². The van der Waals surface area contributed by atoms with Gasteiger partial charge < -0.3 is 5.32 Å². The van der Waals surface area contributed by atoms with Gasteiger partial charge in [0.2, 0.25) is 0 Å². The van der Waals surface area contributed by atoms with Crippen molar-refractivity contribution in [2.75, 3.05) is 0 Å². The number of hydrogen-bond acceptors (Lipinski definition) is 3. The summed E-state index contributed by atoms with van der Waals surface area (Å²) in [6, 6.07) is 7.00. The molecule has 100 valence electrons. The maximum atomic E-state index is 12.0. The summed E-state index contributed by atoms with van der Waals surface area (Å²) < 4.78 is 0. The molecule has 1 aromatic carbocycles. The molecule has 1 aromatic heterocycles. The van der Waals surface area contributed by atoms with E-state index < -0.39 is 0 Å². The van der Waals surface area contributed by atoms with E-state index in [1.54, 1.807) is 35.6 Å². The first-order valence-corrected chi connectivity index (χ1v) is 7.30. The lowest BCUT2D eigenvalue weighted by molar-refractivity contribution is 0.0950. The van der Waals surface area contributed by atoms with Crippen molar-refractivity contribution in [1.82, 2.24) is 10.3 Å². The summed E-state index contributed by atoms with van der Waals surface area (Å²) in [4.78, 5) is 16.4. The Labute approximate surface area is 121 Å². The van der Waals surface area contributed by atoms with E-state index in [1.807, 2.05) is 5.38 Å². The number of benzene rings is 1. The van der Waals surface area contributed by atoms with Crippen molar-refractivity contribution in [2.24, 2.45) is 0 Å². The molecule has 0 radical (unpaired) electrons. The maximum Gasteiger partial charge on any atom is 0.253 e. The zero-order chi connectivity index (χ0) is 13.8. The first-order chi connectivity index (χ1) is 9.08. The fraction of sp³-hybridized carbons (Fsp3) is 0.286. The smallest absolute Gasteiger partial charge is 0.253 e. The molecule has 0 unspecified atom stereocenters. The van der Waals surface area contributed by atoms with Gasteiger partial charge in [0.15, 0.2) is 0 Å². The van der Waals surface area contributed by atoms with Gasteiger partial charge in [-0.15, -0.1) is 11.3 Å². The van der Waals surface area contributed by atoms with Crippen molar-refractivity contribution in [2.45, 2.75) is 26.3 Å². The van der Waals surface area contributed by atoms with Crippen LogP contribution >= 0.6 is 22.9 Å². The summed E-state index contributed by atoms with van der Waals surface area (Å²) in [5.74, 6) is 0.239. The van der Waals surface area contributed by atoms with Crippen molar-refractivity contribution >= 4 is 28.8 Å². The molecule has 5 heteroatoms. The van der Waals surface area contributed by atoms with Crippen LogP contribution in [0, 0.1) is 0 Å². The highest BCUT2D eigenvalue weighted by Gasteiger charge is 2.10. The van der Waals surface area contributed by atoms with Gasteiger partial charge in [0.1, 0.15) is 0 Å². The topological polar surface area (TPSA) is 42.0 Å². The van der Waals surface area contributed by atoms with Crippen LogP contribution < -0.4 is 5.32 Å².